The third-order valence-electron chi connectivity index (χ3n) is 2.47. The Labute approximate surface area is 115 Å². The highest BCUT2D eigenvalue weighted by molar-refractivity contribution is 5.82. The summed E-state index contributed by atoms with van der Waals surface area (Å²) >= 11 is 0. The summed E-state index contributed by atoms with van der Waals surface area (Å²) < 4.78 is 18.5. The third kappa shape index (κ3) is 3.91. The van der Waals surface area contributed by atoms with Crippen molar-refractivity contribution in [3.05, 3.63) is 59.9 Å². The lowest BCUT2D eigenvalue weighted by atomic mass is 10.2. The fourth-order valence-electron chi connectivity index (χ4n) is 1.51. The van der Waals surface area contributed by atoms with Crippen LogP contribution in [0.4, 0.5) is 10.1 Å². The third-order valence-corrected chi connectivity index (χ3v) is 2.47. The topological polar surface area (TPSA) is 64.7 Å². The smallest absolute Gasteiger partial charge is 0.255 e. The van der Waals surface area contributed by atoms with Gasteiger partial charge in [0.05, 0.1) is 5.69 Å². The van der Waals surface area contributed by atoms with Gasteiger partial charge < -0.3 is 10.5 Å². The zero-order chi connectivity index (χ0) is 14.4. The Balaban J connectivity index is 2.04. The minimum atomic E-state index is -0.532. The van der Waals surface area contributed by atoms with Crippen LogP contribution >= 0.6 is 0 Å². The molecule has 2 aromatic carbocycles. The summed E-state index contributed by atoms with van der Waals surface area (Å²) in [5.74, 6) is -0.368. The number of primary amides is 1. The van der Waals surface area contributed by atoms with Crippen LogP contribution in [0.1, 0.15) is 5.56 Å². The monoisotopic (exact) mass is 272 g/mol. The summed E-state index contributed by atoms with van der Waals surface area (Å²) in [6, 6.07) is 13.2. The number of nitrogens with two attached hydrogens (primary N) is 1. The number of amides is 1. The molecule has 4 nitrogen and oxygen atoms in total. The number of carbonyl (C=O) groups is 1. The molecule has 0 atom stereocenters. The fraction of sp³-hybridized carbons (Fsp3) is 0.0667. The number of halogens is 1. The summed E-state index contributed by atoms with van der Waals surface area (Å²) in [5, 5.41) is 0. The van der Waals surface area contributed by atoms with Crippen LogP contribution in [0.2, 0.25) is 0 Å². The molecule has 0 aliphatic heterocycles. The van der Waals surface area contributed by atoms with Gasteiger partial charge in [0.25, 0.3) is 5.91 Å². The van der Waals surface area contributed by atoms with E-state index < -0.39 is 5.91 Å². The maximum absolute atomic E-state index is 13.4. The Kier molecular flexibility index (Phi) is 4.44. The second kappa shape index (κ2) is 6.47. The Hall–Kier alpha value is -2.69. The molecule has 0 spiro atoms. The fourth-order valence-corrected chi connectivity index (χ4v) is 1.51. The first-order valence-corrected chi connectivity index (χ1v) is 5.95. The number of rotatable bonds is 5. The molecule has 2 rings (SSSR count). The largest absolute Gasteiger partial charge is 0.484 e. The molecule has 2 N–H and O–H groups in total. The average molecular weight is 272 g/mol. The number of hydrogen-bond donors (Lipinski definition) is 1. The summed E-state index contributed by atoms with van der Waals surface area (Å²) in [6.07, 6.45) is 1.55. The van der Waals surface area contributed by atoms with Gasteiger partial charge in [-0.1, -0.05) is 12.1 Å². The van der Waals surface area contributed by atoms with E-state index in [1.807, 2.05) is 0 Å². The lowest BCUT2D eigenvalue weighted by molar-refractivity contribution is -0.119. The van der Waals surface area contributed by atoms with Crippen LogP contribution in [0.5, 0.6) is 5.75 Å². The van der Waals surface area contributed by atoms with E-state index in [0.717, 1.165) is 5.56 Å². The molecule has 0 aliphatic rings. The highest BCUT2D eigenvalue weighted by Gasteiger charge is 1.98. The van der Waals surface area contributed by atoms with E-state index in [2.05, 4.69) is 4.99 Å². The van der Waals surface area contributed by atoms with Gasteiger partial charge in [-0.25, -0.2) is 4.39 Å². The lowest BCUT2D eigenvalue weighted by Gasteiger charge is -2.03. The highest BCUT2D eigenvalue weighted by Crippen LogP contribution is 2.17. The van der Waals surface area contributed by atoms with Gasteiger partial charge in [0.1, 0.15) is 11.6 Å². The number of carbonyl (C=O) groups excluding carboxylic acids is 1. The van der Waals surface area contributed by atoms with E-state index >= 15 is 0 Å². The molecule has 0 radical (unpaired) electrons. The van der Waals surface area contributed by atoms with Crippen LogP contribution in [-0.4, -0.2) is 18.7 Å². The number of hydrogen-bond acceptors (Lipinski definition) is 3. The summed E-state index contributed by atoms with van der Waals surface area (Å²) in [5.41, 5.74) is 6.05. The molecule has 2 aromatic rings. The van der Waals surface area contributed by atoms with E-state index in [-0.39, 0.29) is 18.1 Å². The molecule has 5 heteroatoms. The van der Waals surface area contributed by atoms with E-state index in [9.17, 15) is 9.18 Å². The van der Waals surface area contributed by atoms with Crippen LogP contribution in [0.3, 0.4) is 0 Å². The number of ether oxygens (including phenoxy) is 1. The van der Waals surface area contributed by atoms with Gasteiger partial charge in [-0.15, -0.1) is 0 Å². The molecule has 0 fully saturated rings. The summed E-state index contributed by atoms with van der Waals surface area (Å²) in [7, 11) is 0. The van der Waals surface area contributed by atoms with Crippen LogP contribution in [0.25, 0.3) is 0 Å². The molecular formula is C15H13FN2O2. The van der Waals surface area contributed by atoms with Crippen molar-refractivity contribution in [1.82, 2.24) is 0 Å². The zero-order valence-electron chi connectivity index (χ0n) is 10.6. The van der Waals surface area contributed by atoms with Crippen LogP contribution in [-0.2, 0) is 4.79 Å². The van der Waals surface area contributed by atoms with Gasteiger partial charge in [0.15, 0.2) is 6.61 Å². The number of nitrogens with zero attached hydrogens (tertiary/aromatic N) is 1. The molecule has 0 heterocycles. The van der Waals surface area contributed by atoms with Crippen molar-refractivity contribution in [2.45, 2.75) is 0 Å². The van der Waals surface area contributed by atoms with Crippen LogP contribution in [0.15, 0.2) is 53.5 Å². The minimum Gasteiger partial charge on any atom is -0.484 e. The first-order chi connectivity index (χ1) is 9.65. The van der Waals surface area contributed by atoms with Crippen molar-refractivity contribution in [1.29, 1.82) is 0 Å². The molecule has 0 aromatic heterocycles. The predicted octanol–water partition coefficient (Wildman–Crippen LogP) is 2.44. The molecule has 1 amide bonds. The highest BCUT2D eigenvalue weighted by atomic mass is 19.1. The summed E-state index contributed by atoms with van der Waals surface area (Å²) in [4.78, 5) is 14.6. The Morgan fingerprint density at radius 3 is 2.55 bits per heavy atom. The van der Waals surface area contributed by atoms with Crippen LogP contribution in [0, 0.1) is 5.82 Å². The van der Waals surface area contributed by atoms with E-state index in [1.165, 1.54) is 6.07 Å². The second-order valence-electron chi connectivity index (χ2n) is 4.03. The Morgan fingerprint density at radius 2 is 1.90 bits per heavy atom. The molecule has 0 bridgehead atoms. The average Bonchev–Trinajstić information content (AvgIpc) is 2.45. The molecule has 102 valence electrons. The van der Waals surface area contributed by atoms with Crippen molar-refractivity contribution >= 4 is 17.8 Å². The molecule has 20 heavy (non-hydrogen) atoms. The second-order valence-corrected chi connectivity index (χ2v) is 4.03. The van der Waals surface area contributed by atoms with Gasteiger partial charge in [0, 0.05) is 6.21 Å². The van der Waals surface area contributed by atoms with Gasteiger partial charge in [-0.3, -0.25) is 9.79 Å². The lowest BCUT2D eigenvalue weighted by Crippen LogP contribution is -2.19. The van der Waals surface area contributed by atoms with Crippen LogP contribution < -0.4 is 10.5 Å². The van der Waals surface area contributed by atoms with E-state index in [4.69, 9.17) is 10.5 Å². The molecular weight excluding hydrogens is 259 g/mol. The first-order valence-electron chi connectivity index (χ1n) is 5.95. The van der Waals surface area contributed by atoms with E-state index in [1.54, 1.807) is 48.7 Å². The zero-order valence-corrected chi connectivity index (χ0v) is 10.6. The quantitative estimate of drug-likeness (QED) is 0.850. The van der Waals surface area contributed by atoms with Gasteiger partial charge in [0.2, 0.25) is 0 Å². The SMILES string of the molecule is NC(=O)COc1ccc(C=Nc2ccccc2F)cc1. The number of aliphatic imine (C=N–C) groups is 1. The predicted molar refractivity (Wildman–Crippen MR) is 74.8 cm³/mol. The maximum Gasteiger partial charge on any atom is 0.255 e. The van der Waals surface area contributed by atoms with Crippen molar-refractivity contribution < 1.29 is 13.9 Å². The van der Waals surface area contributed by atoms with Crippen molar-refractivity contribution in [2.24, 2.45) is 10.7 Å². The Morgan fingerprint density at radius 1 is 1.20 bits per heavy atom. The minimum absolute atomic E-state index is 0.164. The normalized spacial score (nSPS) is 10.7. The first kappa shape index (κ1) is 13.7. The van der Waals surface area contributed by atoms with Crippen molar-refractivity contribution in [3.63, 3.8) is 0 Å². The van der Waals surface area contributed by atoms with Crippen molar-refractivity contribution in [2.75, 3.05) is 6.61 Å². The maximum atomic E-state index is 13.4. The molecule has 0 saturated carbocycles. The molecule has 0 unspecified atom stereocenters. The van der Waals surface area contributed by atoms with Gasteiger partial charge in [-0.05, 0) is 42.0 Å². The molecule has 0 aliphatic carbocycles. The van der Waals surface area contributed by atoms with Crippen molar-refractivity contribution in [3.8, 4) is 5.75 Å². The number of para-hydroxylation sites is 1. The van der Waals surface area contributed by atoms with E-state index in [0.29, 0.717) is 5.75 Å². The summed E-state index contributed by atoms with van der Waals surface area (Å²) in [6.45, 7) is -0.164. The standard InChI is InChI=1S/C15H13FN2O2/c16-13-3-1-2-4-14(13)18-9-11-5-7-12(8-6-11)20-10-15(17)19/h1-9H,10H2,(H2,17,19). The Bertz CT molecular complexity index is 624. The number of benzene rings is 2. The van der Waals surface area contributed by atoms with Gasteiger partial charge >= 0.3 is 0 Å². The van der Waals surface area contributed by atoms with Gasteiger partial charge in [-0.2, -0.15) is 0 Å². The molecule has 0 saturated heterocycles.